The Labute approximate surface area is 88.2 Å². The number of nitrogens with one attached hydrogen (secondary N) is 2. The molecule has 84 valence electrons. The van der Waals surface area contributed by atoms with Crippen LogP contribution in [0.2, 0.25) is 0 Å². The van der Waals surface area contributed by atoms with Crippen molar-refractivity contribution in [3.05, 3.63) is 0 Å². The number of rotatable bonds is 6. The van der Waals surface area contributed by atoms with E-state index < -0.39 is 0 Å². The van der Waals surface area contributed by atoms with Gasteiger partial charge in [0.25, 0.3) is 0 Å². The second kappa shape index (κ2) is 7.21. The summed E-state index contributed by atoms with van der Waals surface area (Å²) in [5.41, 5.74) is 0. The van der Waals surface area contributed by atoms with Crippen molar-refractivity contribution >= 4 is 0 Å². The van der Waals surface area contributed by atoms with Gasteiger partial charge in [-0.25, -0.2) is 0 Å². The zero-order valence-electron chi connectivity index (χ0n) is 9.68. The molecule has 1 rings (SSSR count). The van der Waals surface area contributed by atoms with Gasteiger partial charge >= 0.3 is 0 Å². The highest BCUT2D eigenvalue weighted by Crippen LogP contribution is 1.96. The molecule has 0 atom stereocenters. The molecule has 0 bridgehead atoms. The van der Waals surface area contributed by atoms with Crippen LogP contribution in [0.5, 0.6) is 0 Å². The molecule has 2 N–H and O–H groups in total. The van der Waals surface area contributed by atoms with Crippen LogP contribution in [0.15, 0.2) is 0 Å². The first kappa shape index (κ1) is 12.0. The van der Waals surface area contributed by atoms with Gasteiger partial charge in [-0.15, -0.1) is 0 Å². The minimum absolute atomic E-state index is 0.821. The van der Waals surface area contributed by atoms with E-state index in [2.05, 4.69) is 29.4 Å². The van der Waals surface area contributed by atoms with Crippen molar-refractivity contribution in [2.75, 3.05) is 45.8 Å². The maximum Gasteiger partial charge on any atom is 0.0108 e. The molecule has 1 aliphatic heterocycles. The molecule has 1 fully saturated rings. The molecule has 0 aromatic heterocycles. The number of hydrogen-bond acceptors (Lipinski definition) is 3. The molecule has 14 heavy (non-hydrogen) atoms. The average molecular weight is 199 g/mol. The summed E-state index contributed by atoms with van der Waals surface area (Å²) in [7, 11) is 0. The Balaban J connectivity index is 1.87. The molecule has 1 aliphatic rings. The summed E-state index contributed by atoms with van der Waals surface area (Å²) in [6.07, 6.45) is 1.29. The molecule has 0 aromatic rings. The van der Waals surface area contributed by atoms with Crippen LogP contribution in [0.1, 0.15) is 20.3 Å². The second-order valence-corrected chi connectivity index (χ2v) is 4.52. The highest BCUT2D eigenvalue weighted by molar-refractivity contribution is 4.68. The van der Waals surface area contributed by atoms with E-state index in [1.54, 1.807) is 0 Å². The van der Waals surface area contributed by atoms with Crippen LogP contribution in [0.3, 0.4) is 0 Å². The Kier molecular flexibility index (Phi) is 6.15. The van der Waals surface area contributed by atoms with Gasteiger partial charge in [0, 0.05) is 39.3 Å². The highest BCUT2D eigenvalue weighted by Gasteiger charge is 2.07. The molecular formula is C11H25N3. The Morgan fingerprint density at radius 1 is 1.21 bits per heavy atom. The summed E-state index contributed by atoms with van der Waals surface area (Å²) >= 11 is 0. The predicted octanol–water partition coefficient (Wildman–Crippen LogP) is 0.527. The standard InChI is InChI=1S/C11H25N3/c1-11(2)3-4-12-5-8-14-9-6-13-7-10-14/h11-13H,3-10H2,1-2H3. The zero-order chi connectivity index (χ0) is 10.2. The lowest BCUT2D eigenvalue weighted by Crippen LogP contribution is -2.45. The maximum absolute atomic E-state index is 3.50. The minimum atomic E-state index is 0.821. The van der Waals surface area contributed by atoms with Crippen molar-refractivity contribution in [2.24, 2.45) is 5.92 Å². The molecule has 0 unspecified atom stereocenters. The molecule has 0 saturated carbocycles. The Morgan fingerprint density at radius 3 is 2.57 bits per heavy atom. The molecular weight excluding hydrogens is 174 g/mol. The van der Waals surface area contributed by atoms with Gasteiger partial charge in [-0.2, -0.15) is 0 Å². The van der Waals surface area contributed by atoms with Gasteiger partial charge in [0.05, 0.1) is 0 Å². The summed E-state index contributed by atoms with van der Waals surface area (Å²) in [6, 6.07) is 0. The molecule has 0 amide bonds. The molecule has 0 aliphatic carbocycles. The lowest BCUT2D eigenvalue weighted by atomic mass is 10.1. The molecule has 0 spiro atoms. The van der Waals surface area contributed by atoms with Crippen molar-refractivity contribution < 1.29 is 0 Å². The van der Waals surface area contributed by atoms with Crippen molar-refractivity contribution in [1.29, 1.82) is 0 Å². The number of piperazine rings is 1. The summed E-state index contributed by atoms with van der Waals surface area (Å²) in [5, 5.41) is 6.87. The topological polar surface area (TPSA) is 27.3 Å². The maximum atomic E-state index is 3.50. The molecule has 3 nitrogen and oxygen atoms in total. The first-order valence-electron chi connectivity index (χ1n) is 5.93. The van der Waals surface area contributed by atoms with Crippen molar-refractivity contribution in [1.82, 2.24) is 15.5 Å². The Bertz CT molecular complexity index is 130. The van der Waals surface area contributed by atoms with E-state index in [1.165, 1.54) is 32.6 Å². The van der Waals surface area contributed by atoms with Crippen molar-refractivity contribution in [3.63, 3.8) is 0 Å². The SMILES string of the molecule is CC(C)CCNCCN1CCNCC1. The van der Waals surface area contributed by atoms with Crippen LogP contribution in [0.4, 0.5) is 0 Å². The summed E-state index contributed by atoms with van der Waals surface area (Å²) in [6.45, 7) is 12.8. The fourth-order valence-electron chi connectivity index (χ4n) is 1.69. The van der Waals surface area contributed by atoms with E-state index in [9.17, 15) is 0 Å². The molecule has 0 aromatic carbocycles. The predicted molar refractivity (Wildman–Crippen MR) is 61.6 cm³/mol. The van der Waals surface area contributed by atoms with Gasteiger partial charge < -0.3 is 10.6 Å². The van der Waals surface area contributed by atoms with Crippen LogP contribution < -0.4 is 10.6 Å². The number of hydrogen-bond donors (Lipinski definition) is 2. The third-order valence-electron chi connectivity index (χ3n) is 2.71. The monoisotopic (exact) mass is 199 g/mol. The van der Waals surface area contributed by atoms with Gasteiger partial charge in [0.1, 0.15) is 0 Å². The van der Waals surface area contributed by atoms with Gasteiger partial charge in [-0.3, -0.25) is 4.90 Å². The van der Waals surface area contributed by atoms with Crippen LogP contribution in [0, 0.1) is 5.92 Å². The normalized spacial score (nSPS) is 19.1. The largest absolute Gasteiger partial charge is 0.315 e. The quantitative estimate of drug-likeness (QED) is 0.611. The van der Waals surface area contributed by atoms with E-state index in [0.717, 1.165) is 25.6 Å². The van der Waals surface area contributed by atoms with Gasteiger partial charge in [-0.05, 0) is 18.9 Å². The van der Waals surface area contributed by atoms with Gasteiger partial charge in [0.15, 0.2) is 0 Å². The van der Waals surface area contributed by atoms with Crippen LogP contribution in [-0.2, 0) is 0 Å². The molecule has 3 heteroatoms. The van der Waals surface area contributed by atoms with E-state index in [1.807, 2.05) is 0 Å². The highest BCUT2D eigenvalue weighted by atomic mass is 15.2. The lowest BCUT2D eigenvalue weighted by molar-refractivity contribution is 0.241. The summed E-state index contributed by atoms with van der Waals surface area (Å²) in [5.74, 6) is 0.821. The van der Waals surface area contributed by atoms with Crippen LogP contribution in [-0.4, -0.2) is 50.7 Å². The van der Waals surface area contributed by atoms with E-state index in [4.69, 9.17) is 0 Å². The third kappa shape index (κ3) is 5.58. The fourth-order valence-corrected chi connectivity index (χ4v) is 1.69. The summed E-state index contributed by atoms with van der Waals surface area (Å²) < 4.78 is 0. The Morgan fingerprint density at radius 2 is 1.93 bits per heavy atom. The zero-order valence-corrected chi connectivity index (χ0v) is 9.68. The third-order valence-corrected chi connectivity index (χ3v) is 2.71. The number of nitrogens with zero attached hydrogens (tertiary/aromatic N) is 1. The summed E-state index contributed by atoms with van der Waals surface area (Å²) in [4.78, 5) is 2.53. The molecule has 1 saturated heterocycles. The minimum Gasteiger partial charge on any atom is -0.315 e. The van der Waals surface area contributed by atoms with E-state index in [0.29, 0.717) is 0 Å². The van der Waals surface area contributed by atoms with Crippen LogP contribution >= 0.6 is 0 Å². The van der Waals surface area contributed by atoms with Gasteiger partial charge in [0.2, 0.25) is 0 Å². The van der Waals surface area contributed by atoms with Crippen molar-refractivity contribution in [3.8, 4) is 0 Å². The van der Waals surface area contributed by atoms with Crippen molar-refractivity contribution in [2.45, 2.75) is 20.3 Å². The smallest absolute Gasteiger partial charge is 0.0108 e. The lowest BCUT2D eigenvalue weighted by Gasteiger charge is -2.27. The molecule has 0 radical (unpaired) electrons. The molecule has 1 heterocycles. The first-order valence-corrected chi connectivity index (χ1v) is 5.93. The van der Waals surface area contributed by atoms with Crippen LogP contribution in [0.25, 0.3) is 0 Å². The Hall–Kier alpha value is -0.120. The van der Waals surface area contributed by atoms with E-state index >= 15 is 0 Å². The van der Waals surface area contributed by atoms with Gasteiger partial charge in [-0.1, -0.05) is 13.8 Å². The average Bonchev–Trinajstić information content (AvgIpc) is 2.18. The second-order valence-electron chi connectivity index (χ2n) is 4.52. The first-order chi connectivity index (χ1) is 6.79. The van der Waals surface area contributed by atoms with E-state index in [-0.39, 0.29) is 0 Å². The fraction of sp³-hybridized carbons (Fsp3) is 1.00.